The Morgan fingerprint density at radius 3 is 2.79 bits per heavy atom. The first-order valence-electron chi connectivity index (χ1n) is 5.51. The molecule has 0 aromatic heterocycles. The van der Waals surface area contributed by atoms with Crippen molar-refractivity contribution in [1.82, 2.24) is 5.32 Å². The number of methoxy groups -OCH3 is 1. The standard InChI is InChI=1S/C11H23NO2/c1-11(2)6-4-10(14-11)5-7-12-8-9-13-3/h10,12H,4-9H2,1-3H3. The summed E-state index contributed by atoms with van der Waals surface area (Å²) in [6.45, 7) is 7.10. The van der Waals surface area contributed by atoms with Gasteiger partial charge in [0, 0.05) is 13.7 Å². The number of nitrogens with one attached hydrogen (secondary N) is 1. The van der Waals surface area contributed by atoms with E-state index in [-0.39, 0.29) is 5.60 Å². The predicted octanol–water partition coefficient (Wildman–Crippen LogP) is 1.57. The summed E-state index contributed by atoms with van der Waals surface area (Å²) in [6.07, 6.45) is 3.97. The Balaban J connectivity index is 1.98. The molecule has 0 aromatic carbocycles. The molecule has 1 heterocycles. The largest absolute Gasteiger partial charge is 0.383 e. The molecule has 84 valence electrons. The fourth-order valence-corrected chi connectivity index (χ4v) is 1.84. The second-order valence-corrected chi connectivity index (χ2v) is 4.57. The van der Waals surface area contributed by atoms with Crippen LogP contribution in [0.25, 0.3) is 0 Å². The lowest BCUT2D eigenvalue weighted by Gasteiger charge is -2.19. The zero-order valence-electron chi connectivity index (χ0n) is 9.64. The SMILES string of the molecule is COCCNCCC1CCC(C)(C)O1. The summed E-state index contributed by atoms with van der Waals surface area (Å²) in [5.41, 5.74) is 0.108. The van der Waals surface area contributed by atoms with E-state index >= 15 is 0 Å². The third kappa shape index (κ3) is 4.40. The maximum absolute atomic E-state index is 5.88. The summed E-state index contributed by atoms with van der Waals surface area (Å²) in [5, 5.41) is 3.34. The summed E-state index contributed by atoms with van der Waals surface area (Å²) in [7, 11) is 1.73. The molecule has 1 saturated heterocycles. The summed E-state index contributed by atoms with van der Waals surface area (Å²) in [5.74, 6) is 0. The van der Waals surface area contributed by atoms with Gasteiger partial charge in [0.1, 0.15) is 0 Å². The molecular weight excluding hydrogens is 178 g/mol. The van der Waals surface area contributed by atoms with E-state index in [0.717, 1.165) is 26.1 Å². The zero-order valence-corrected chi connectivity index (χ0v) is 9.64. The summed E-state index contributed by atoms with van der Waals surface area (Å²) in [4.78, 5) is 0. The number of rotatable bonds is 6. The minimum absolute atomic E-state index is 0.108. The Kier molecular flexibility index (Phi) is 4.85. The van der Waals surface area contributed by atoms with Gasteiger partial charge in [-0.3, -0.25) is 0 Å². The summed E-state index contributed by atoms with van der Waals surface area (Å²) < 4.78 is 10.8. The Labute approximate surface area is 87.2 Å². The molecular formula is C11H23NO2. The lowest BCUT2D eigenvalue weighted by molar-refractivity contribution is -0.0180. The van der Waals surface area contributed by atoms with Crippen molar-refractivity contribution in [3.05, 3.63) is 0 Å². The number of ether oxygens (including phenoxy) is 2. The van der Waals surface area contributed by atoms with Gasteiger partial charge >= 0.3 is 0 Å². The first-order chi connectivity index (χ1) is 6.64. The van der Waals surface area contributed by atoms with Crippen LogP contribution < -0.4 is 5.32 Å². The van der Waals surface area contributed by atoms with Crippen molar-refractivity contribution < 1.29 is 9.47 Å². The van der Waals surface area contributed by atoms with Crippen molar-refractivity contribution in [3.63, 3.8) is 0 Å². The molecule has 0 aliphatic carbocycles. The van der Waals surface area contributed by atoms with Crippen LogP contribution in [-0.2, 0) is 9.47 Å². The maximum atomic E-state index is 5.88. The van der Waals surface area contributed by atoms with E-state index in [1.165, 1.54) is 12.8 Å². The lowest BCUT2D eigenvalue weighted by atomic mass is 10.0. The van der Waals surface area contributed by atoms with Crippen LogP contribution in [0.1, 0.15) is 33.1 Å². The van der Waals surface area contributed by atoms with Crippen molar-refractivity contribution in [2.75, 3.05) is 26.8 Å². The molecule has 3 nitrogen and oxygen atoms in total. The average Bonchev–Trinajstić information content (AvgIpc) is 2.45. The van der Waals surface area contributed by atoms with E-state index in [0.29, 0.717) is 6.10 Å². The van der Waals surface area contributed by atoms with Crippen molar-refractivity contribution in [1.29, 1.82) is 0 Å². The van der Waals surface area contributed by atoms with Crippen molar-refractivity contribution in [2.24, 2.45) is 0 Å². The molecule has 0 aromatic rings. The molecule has 0 radical (unpaired) electrons. The van der Waals surface area contributed by atoms with Crippen LogP contribution in [0.4, 0.5) is 0 Å². The van der Waals surface area contributed by atoms with Gasteiger partial charge in [-0.2, -0.15) is 0 Å². The van der Waals surface area contributed by atoms with E-state index in [2.05, 4.69) is 19.2 Å². The van der Waals surface area contributed by atoms with Crippen LogP contribution >= 0.6 is 0 Å². The van der Waals surface area contributed by atoms with E-state index < -0.39 is 0 Å². The monoisotopic (exact) mass is 201 g/mol. The van der Waals surface area contributed by atoms with Gasteiger partial charge in [0.05, 0.1) is 18.3 Å². The quantitative estimate of drug-likeness (QED) is 0.662. The molecule has 1 aliphatic rings. The van der Waals surface area contributed by atoms with Crippen molar-refractivity contribution >= 4 is 0 Å². The van der Waals surface area contributed by atoms with Gasteiger partial charge in [-0.1, -0.05) is 0 Å². The van der Waals surface area contributed by atoms with Crippen molar-refractivity contribution in [2.45, 2.75) is 44.8 Å². The molecule has 0 spiro atoms. The first kappa shape index (κ1) is 12.0. The van der Waals surface area contributed by atoms with Gasteiger partial charge in [0.25, 0.3) is 0 Å². The molecule has 0 bridgehead atoms. The van der Waals surface area contributed by atoms with E-state index in [1.54, 1.807) is 7.11 Å². The fraction of sp³-hybridized carbons (Fsp3) is 1.00. The lowest BCUT2D eigenvalue weighted by Crippen LogP contribution is -2.25. The summed E-state index contributed by atoms with van der Waals surface area (Å²) >= 11 is 0. The molecule has 0 saturated carbocycles. The average molecular weight is 201 g/mol. The molecule has 1 atom stereocenters. The van der Waals surface area contributed by atoms with Gasteiger partial charge in [0.15, 0.2) is 0 Å². The second kappa shape index (κ2) is 5.69. The Hall–Kier alpha value is -0.120. The highest BCUT2D eigenvalue weighted by Crippen LogP contribution is 2.30. The minimum Gasteiger partial charge on any atom is -0.383 e. The Bertz CT molecular complexity index is 159. The van der Waals surface area contributed by atoms with Crippen LogP contribution in [0.2, 0.25) is 0 Å². The zero-order chi connectivity index (χ0) is 10.4. The maximum Gasteiger partial charge on any atom is 0.0631 e. The summed E-state index contributed by atoms with van der Waals surface area (Å²) in [6, 6.07) is 0. The number of hydrogen-bond donors (Lipinski definition) is 1. The van der Waals surface area contributed by atoms with Gasteiger partial charge in [0.2, 0.25) is 0 Å². The van der Waals surface area contributed by atoms with Gasteiger partial charge < -0.3 is 14.8 Å². The molecule has 1 N–H and O–H groups in total. The smallest absolute Gasteiger partial charge is 0.0631 e. The fourth-order valence-electron chi connectivity index (χ4n) is 1.84. The van der Waals surface area contributed by atoms with Crippen molar-refractivity contribution in [3.8, 4) is 0 Å². The highest BCUT2D eigenvalue weighted by atomic mass is 16.5. The highest BCUT2D eigenvalue weighted by Gasteiger charge is 2.30. The Morgan fingerprint density at radius 1 is 1.43 bits per heavy atom. The molecule has 1 aliphatic heterocycles. The third-order valence-electron chi connectivity index (χ3n) is 2.68. The molecule has 1 fully saturated rings. The van der Waals surface area contributed by atoms with Gasteiger partial charge in [-0.05, 0) is 39.7 Å². The second-order valence-electron chi connectivity index (χ2n) is 4.57. The number of hydrogen-bond acceptors (Lipinski definition) is 3. The molecule has 1 rings (SSSR count). The van der Waals surface area contributed by atoms with E-state index in [4.69, 9.17) is 9.47 Å². The minimum atomic E-state index is 0.108. The molecule has 0 amide bonds. The van der Waals surface area contributed by atoms with Crippen LogP contribution in [0.5, 0.6) is 0 Å². The van der Waals surface area contributed by atoms with Crippen LogP contribution in [0, 0.1) is 0 Å². The van der Waals surface area contributed by atoms with Gasteiger partial charge in [-0.15, -0.1) is 0 Å². The Morgan fingerprint density at radius 2 is 2.21 bits per heavy atom. The third-order valence-corrected chi connectivity index (χ3v) is 2.68. The highest BCUT2D eigenvalue weighted by molar-refractivity contribution is 4.80. The molecule has 1 unspecified atom stereocenters. The van der Waals surface area contributed by atoms with E-state index in [9.17, 15) is 0 Å². The topological polar surface area (TPSA) is 30.5 Å². The predicted molar refractivity (Wildman–Crippen MR) is 57.5 cm³/mol. The normalized spacial score (nSPS) is 25.5. The van der Waals surface area contributed by atoms with Crippen LogP contribution in [0.15, 0.2) is 0 Å². The molecule has 3 heteroatoms. The van der Waals surface area contributed by atoms with Crippen LogP contribution in [0.3, 0.4) is 0 Å². The first-order valence-corrected chi connectivity index (χ1v) is 5.51. The van der Waals surface area contributed by atoms with Gasteiger partial charge in [-0.25, -0.2) is 0 Å². The van der Waals surface area contributed by atoms with E-state index in [1.807, 2.05) is 0 Å². The molecule has 14 heavy (non-hydrogen) atoms. The van der Waals surface area contributed by atoms with Crippen LogP contribution in [-0.4, -0.2) is 38.5 Å².